The smallest absolute Gasteiger partial charge is 0.265 e. The van der Waals surface area contributed by atoms with Gasteiger partial charge in [-0.1, -0.05) is 30.3 Å². The van der Waals surface area contributed by atoms with Crippen molar-refractivity contribution in [2.24, 2.45) is 0 Å². The first-order valence-corrected chi connectivity index (χ1v) is 16.6. The highest BCUT2D eigenvalue weighted by Crippen LogP contribution is 2.31. The minimum Gasteiger partial charge on any atom is -0.492 e. The molecule has 0 aliphatic carbocycles. The van der Waals surface area contributed by atoms with E-state index < -0.39 is 53.5 Å². The van der Waals surface area contributed by atoms with E-state index in [1.54, 1.807) is 41.3 Å². The van der Waals surface area contributed by atoms with Crippen molar-refractivity contribution in [3.63, 3.8) is 0 Å². The number of carbonyl (C=O) groups excluding carboxylic acids is 5. The molecule has 5 N–H and O–H groups in total. The zero-order chi connectivity index (χ0) is 35.7. The van der Waals surface area contributed by atoms with Gasteiger partial charge in [0.2, 0.25) is 17.7 Å². The van der Waals surface area contributed by atoms with Crippen LogP contribution < -0.4 is 30.7 Å². The van der Waals surface area contributed by atoms with Gasteiger partial charge < -0.3 is 40.7 Å². The summed E-state index contributed by atoms with van der Waals surface area (Å²) in [5.74, 6) is -1.93. The number of aliphatic hydroxyl groups is 1. The van der Waals surface area contributed by atoms with Crippen molar-refractivity contribution in [1.29, 1.82) is 0 Å². The summed E-state index contributed by atoms with van der Waals surface area (Å²) in [5, 5.41) is 21.3. The molecule has 5 amide bonds. The van der Waals surface area contributed by atoms with Crippen LogP contribution in [0.25, 0.3) is 0 Å². The maximum Gasteiger partial charge on any atom is 0.265 e. The van der Waals surface area contributed by atoms with Crippen LogP contribution in [0.1, 0.15) is 42.6 Å². The highest BCUT2D eigenvalue weighted by molar-refractivity contribution is 5.96. The van der Waals surface area contributed by atoms with E-state index in [1.807, 2.05) is 30.3 Å². The van der Waals surface area contributed by atoms with Crippen molar-refractivity contribution in [1.82, 2.24) is 31.2 Å². The Morgan fingerprint density at radius 2 is 1.56 bits per heavy atom. The molecule has 14 heteroatoms. The third-order valence-corrected chi connectivity index (χ3v) is 8.73. The van der Waals surface area contributed by atoms with Gasteiger partial charge >= 0.3 is 0 Å². The molecule has 264 valence electrons. The summed E-state index contributed by atoms with van der Waals surface area (Å²) in [5.41, 5.74) is -0.233. The van der Waals surface area contributed by atoms with Gasteiger partial charge in [-0.15, -0.1) is 0 Å². The van der Waals surface area contributed by atoms with Crippen molar-refractivity contribution < 1.29 is 38.6 Å². The van der Waals surface area contributed by atoms with Gasteiger partial charge in [0.1, 0.15) is 36.2 Å². The first-order chi connectivity index (χ1) is 24.0. The fraction of sp³-hybridized carbons (Fsp3) is 0.389. The Kier molecular flexibility index (Phi) is 11.6. The third-order valence-electron chi connectivity index (χ3n) is 8.73. The highest BCUT2D eigenvalue weighted by Gasteiger charge is 2.46. The topological polar surface area (TPSA) is 188 Å². The van der Waals surface area contributed by atoms with Crippen LogP contribution in [0.2, 0.25) is 0 Å². The highest BCUT2D eigenvalue weighted by atomic mass is 16.5. The minimum atomic E-state index is -1.51. The molecule has 3 aliphatic rings. The third kappa shape index (κ3) is 8.94. The molecule has 3 aliphatic heterocycles. The Morgan fingerprint density at radius 3 is 2.22 bits per heavy atom. The number of likely N-dealkylation sites (tertiary alicyclic amines) is 1. The van der Waals surface area contributed by atoms with Crippen LogP contribution in [0.5, 0.6) is 11.5 Å². The van der Waals surface area contributed by atoms with E-state index in [0.717, 1.165) is 5.56 Å². The Hall–Kier alpha value is -5.50. The monoisotopic (exact) mass is 686 g/mol. The van der Waals surface area contributed by atoms with Gasteiger partial charge in [0.15, 0.2) is 5.60 Å². The van der Waals surface area contributed by atoms with E-state index in [2.05, 4.69) is 26.3 Å². The Labute approximate surface area is 289 Å². The lowest BCUT2D eigenvalue weighted by Gasteiger charge is -2.41. The molecule has 1 fully saturated rings. The maximum atomic E-state index is 14.1. The summed E-state index contributed by atoms with van der Waals surface area (Å²) in [6.07, 6.45) is 2.07. The van der Waals surface area contributed by atoms with Gasteiger partial charge in [-0.05, 0) is 55.8 Å². The van der Waals surface area contributed by atoms with Crippen LogP contribution in [-0.4, -0.2) is 101 Å². The SMILES string of the molecule is C[C@@H]1NC(=O)C([C@@H](C)O)NC(=O)C2(CCN(C(=O)c3ccncc3)CC2)Oc2ccc(cc2)OCCNC(=O)[C@H](Cc2ccccc2)NC1=O. The number of nitrogens with zero attached hydrogens (tertiary/aromatic N) is 2. The fourth-order valence-corrected chi connectivity index (χ4v) is 5.82. The molecular formula is C36H42N6O8. The molecule has 4 atom stereocenters. The molecule has 2 bridgehead atoms. The van der Waals surface area contributed by atoms with E-state index in [4.69, 9.17) is 9.47 Å². The van der Waals surface area contributed by atoms with Crippen molar-refractivity contribution in [2.45, 2.75) is 62.9 Å². The molecule has 6 rings (SSSR count). The number of ether oxygens (including phenoxy) is 2. The molecule has 1 spiro atoms. The van der Waals surface area contributed by atoms with Gasteiger partial charge in [0.05, 0.1) is 12.6 Å². The number of amides is 5. The predicted octanol–water partition coefficient (Wildman–Crippen LogP) is 0.742. The normalized spacial score (nSPS) is 22.5. The predicted molar refractivity (Wildman–Crippen MR) is 181 cm³/mol. The number of nitrogens with one attached hydrogen (secondary N) is 4. The Morgan fingerprint density at radius 1 is 0.900 bits per heavy atom. The summed E-state index contributed by atoms with van der Waals surface area (Å²) >= 11 is 0. The fourth-order valence-electron chi connectivity index (χ4n) is 5.82. The molecular weight excluding hydrogens is 644 g/mol. The van der Waals surface area contributed by atoms with E-state index in [9.17, 15) is 29.1 Å². The number of aliphatic hydroxyl groups excluding tert-OH is 1. The average Bonchev–Trinajstić information content (AvgIpc) is 3.12. The first kappa shape index (κ1) is 35.8. The van der Waals surface area contributed by atoms with Gasteiger partial charge in [-0.3, -0.25) is 29.0 Å². The second-order valence-electron chi connectivity index (χ2n) is 12.4. The van der Waals surface area contributed by atoms with E-state index in [1.165, 1.54) is 26.2 Å². The number of aromatic nitrogens is 1. The summed E-state index contributed by atoms with van der Waals surface area (Å²) < 4.78 is 12.2. The zero-order valence-corrected chi connectivity index (χ0v) is 28.0. The molecule has 50 heavy (non-hydrogen) atoms. The quantitative estimate of drug-likeness (QED) is 0.247. The first-order valence-electron chi connectivity index (χ1n) is 16.6. The second kappa shape index (κ2) is 16.3. The van der Waals surface area contributed by atoms with Crippen LogP contribution in [0.3, 0.4) is 0 Å². The Balaban J connectivity index is 1.39. The molecule has 14 nitrogen and oxygen atoms in total. The molecule has 1 aromatic heterocycles. The number of pyridine rings is 1. The second-order valence-corrected chi connectivity index (χ2v) is 12.4. The summed E-state index contributed by atoms with van der Waals surface area (Å²) in [4.78, 5) is 72.8. The lowest BCUT2D eigenvalue weighted by Crippen LogP contribution is -2.63. The molecule has 1 unspecified atom stereocenters. The number of hydrogen-bond donors (Lipinski definition) is 5. The van der Waals surface area contributed by atoms with Gasteiger partial charge in [-0.2, -0.15) is 0 Å². The van der Waals surface area contributed by atoms with E-state index >= 15 is 0 Å². The largest absolute Gasteiger partial charge is 0.492 e. The van der Waals surface area contributed by atoms with Gasteiger partial charge in [0, 0.05) is 50.3 Å². The van der Waals surface area contributed by atoms with E-state index in [0.29, 0.717) is 17.1 Å². The van der Waals surface area contributed by atoms with Crippen molar-refractivity contribution >= 4 is 29.5 Å². The van der Waals surface area contributed by atoms with Gasteiger partial charge in [-0.25, -0.2) is 0 Å². The zero-order valence-electron chi connectivity index (χ0n) is 28.0. The Bertz CT molecular complexity index is 1650. The van der Waals surface area contributed by atoms with Crippen LogP contribution in [0, 0.1) is 0 Å². The van der Waals surface area contributed by atoms with Crippen LogP contribution in [0.4, 0.5) is 0 Å². The molecule has 4 heterocycles. The maximum absolute atomic E-state index is 14.1. The number of benzene rings is 2. The minimum absolute atomic E-state index is 0.0867. The molecule has 0 radical (unpaired) electrons. The summed E-state index contributed by atoms with van der Waals surface area (Å²) in [6.45, 7) is 3.42. The number of carbonyl (C=O) groups is 5. The standard InChI is InChI=1S/C36H42N6O8/c1-23-31(44)40-29(22-25-6-4-3-5-7-25)32(45)38-18-21-49-27-8-10-28(11-9-27)50-36(35(48)41-30(24(2)43)33(46)39-23)14-19-42(20-15-36)34(47)26-12-16-37-17-13-26/h3-13,16-17,23-24,29-30,43H,14-15,18-22H2,1-2H3,(H,38,45)(H,39,46)(H,40,44)(H,41,48)/t23-,24+,29-,30?/m0/s1. The van der Waals surface area contributed by atoms with Crippen molar-refractivity contribution in [3.05, 3.63) is 90.3 Å². The number of piperidine rings is 1. The van der Waals surface area contributed by atoms with Crippen LogP contribution in [0.15, 0.2) is 79.1 Å². The number of rotatable bonds is 4. The number of hydrogen-bond acceptors (Lipinski definition) is 9. The molecule has 3 aromatic rings. The average molecular weight is 687 g/mol. The summed E-state index contributed by atoms with van der Waals surface area (Å²) in [6, 6.07) is 15.5. The molecule has 0 saturated carbocycles. The lowest BCUT2D eigenvalue weighted by molar-refractivity contribution is -0.145. The van der Waals surface area contributed by atoms with E-state index in [-0.39, 0.29) is 51.4 Å². The lowest BCUT2D eigenvalue weighted by atomic mass is 9.89. The van der Waals surface area contributed by atoms with Crippen molar-refractivity contribution in [3.8, 4) is 11.5 Å². The van der Waals surface area contributed by atoms with Gasteiger partial charge in [0.25, 0.3) is 11.8 Å². The molecule has 1 saturated heterocycles. The molecule has 2 aromatic carbocycles. The summed E-state index contributed by atoms with van der Waals surface area (Å²) in [7, 11) is 0. The number of fused-ring (bicyclic) bond motifs is 15. The van der Waals surface area contributed by atoms with Crippen LogP contribution >= 0.6 is 0 Å². The van der Waals surface area contributed by atoms with Crippen molar-refractivity contribution in [2.75, 3.05) is 26.2 Å². The van der Waals surface area contributed by atoms with Crippen LogP contribution in [-0.2, 0) is 25.6 Å².